The van der Waals surface area contributed by atoms with E-state index in [0.717, 1.165) is 25.3 Å². The lowest BCUT2D eigenvalue weighted by Gasteiger charge is -2.21. The van der Waals surface area contributed by atoms with Crippen molar-refractivity contribution < 1.29 is 22.7 Å². The monoisotopic (exact) mass is 385 g/mol. The van der Waals surface area contributed by atoms with Crippen molar-refractivity contribution in [3.63, 3.8) is 0 Å². The summed E-state index contributed by atoms with van der Waals surface area (Å²) in [5.41, 5.74) is 0.0573. The number of hydrogen-bond acceptors (Lipinski definition) is 7. The Hall–Kier alpha value is -1.95. The van der Waals surface area contributed by atoms with Crippen LogP contribution in [0.2, 0.25) is 0 Å². The summed E-state index contributed by atoms with van der Waals surface area (Å²) in [5, 5.41) is 20.6. The summed E-state index contributed by atoms with van der Waals surface area (Å²) in [5.74, 6) is -0.698. The molecule has 1 unspecified atom stereocenters. The second kappa shape index (κ2) is 8.16. The normalized spacial score (nSPS) is 18.2. The molecule has 0 aliphatic carbocycles. The Morgan fingerprint density at radius 1 is 1.38 bits per heavy atom. The highest BCUT2D eigenvalue weighted by Crippen LogP contribution is 2.22. The van der Waals surface area contributed by atoms with Gasteiger partial charge >= 0.3 is 0 Å². The minimum atomic E-state index is -3.89. The lowest BCUT2D eigenvalue weighted by molar-refractivity contribution is 0.00133. The largest absolute Gasteiger partial charge is 0.395 e. The molecule has 2 N–H and O–H groups in total. The summed E-state index contributed by atoms with van der Waals surface area (Å²) < 4.78 is 46.1. The lowest BCUT2D eigenvalue weighted by atomic mass is 10.1. The third kappa shape index (κ3) is 4.41. The first-order valence-electron chi connectivity index (χ1n) is 8.29. The van der Waals surface area contributed by atoms with Gasteiger partial charge in [0.15, 0.2) is 0 Å². The number of aliphatic hydroxyl groups excluding tert-OH is 1. The fourth-order valence-electron chi connectivity index (χ4n) is 2.67. The van der Waals surface area contributed by atoms with Gasteiger partial charge in [-0.05, 0) is 42.7 Å². The predicted molar refractivity (Wildman–Crippen MR) is 89.1 cm³/mol. The molecule has 1 saturated heterocycles. The molecule has 3 rings (SSSR count). The predicted octanol–water partition coefficient (Wildman–Crippen LogP) is 0.319. The van der Waals surface area contributed by atoms with Crippen LogP contribution in [-0.2, 0) is 21.3 Å². The molecule has 0 spiro atoms. The van der Waals surface area contributed by atoms with E-state index in [9.17, 15) is 12.8 Å². The Labute approximate surface area is 150 Å². The molecule has 1 atom stereocenters. The Kier molecular flexibility index (Phi) is 5.91. The van der Waals surface area contributed by atoms with Crippen LogP contribution in [0, 0.1) is 5.82 Å². The third-order valence-corrected chi connectivity index (χ3v) is 5.45. The molecule has 9 nitrogen and oxygen atoms in total. The van der Waals surface area contributed by atoms with Gasteiger partial charge in [-0.3, -0.25) is 0 Å². The van der Waals surface area contributed by atoms with Crippen LogP contribution in [0.4, 0.5) is 4.39 Å². The number of nitrogens with one attached hydrogen (secondary N) is 1. The van der Waals surface area contributed by atoms with Crippen molar-refractivity contribution in [2.24, 2.45) is 0 Å². The van der Waals surface area contributed by atoms with Crippen LogP contribution >= 0.6 is 0 Å². The van der Waals surface area contributed by atoms with E-state index in [1.54, 1.807) is 0 Å². The third-order valence-electron chi connectivity index (χ3n) is 3.99. The van der Waals surface area contributed by atoms with Gasteiger partial charge in [0.25, 0.3) is 0 Å². The molecule has 1 aromatic carbocycles. The van der Waals surface area contributed by atoms with Gasteiger partial charge in [-0.2, -0.15) is 4.80 Å². The first-order valence-corrected chi connectivity index (χ1v) is 9.78. The standard InChI is InChI=1S/C15H20FN5O4S/c16-14-9-12(26(23,24)17-6-7-22)4-5-13(14)15-18-20-21(19-15)10-11-3-1-2-8-25-11/h4-5,9,11,17,22H,1-3,6-8,10H2. The number of aliphatic hydroxyl groups is 1. The topological polar surface area (TPSA) is 119 Å². The maximum atomic E-state index is 14.4. The van der Waals surface area contributed by atoms with E-state index in [2.05, 4.69) is 20.1 Å². The van der Waals surface area contributed by atoms with E-state index in [1.807, 2.05) is 0 Å². The molecule has 0 saturated carbocycles. The highest BCUT2D eigenvalue weighted by atomic mass is 32.2. The van der Waals surface area contributed by atoms with Crippen molar-refractivity contribution in [3.05, 3.63) is 24.0 Å². The van der Waals surface area contributed by atoms with Gasteiger partial charge in [0.1, 0.15) is 5.82 Å². The van der Waals surface area contributed by atoms with E-state index in [1.165, 1.54) is 16.9 Å². The second-order valence-corrected chi connectivity index (χ2v) is 7.69. The van der Waals surface area contributed by atoms with Crippen LogP contribution in [-0.4, -0.2) is 59.6 Å². The number of tetrazole rings is 1. The maximum absolute atomic E-state index is 14.4. The van der Waals surface area contributed by atoms with Crippen LogP contribution in [0.1, 0.15) is 19.3 Å². The first-order chi connectivity index (χ1) is 12.5. The minimum absolute atomic E-state index is 0.0146. The van der Waals surface area contributed by atoms with Crippen LogP contribution in [0.25, 0.3) is 11.4 Å². The average Bonchev–Trinajstić information content (AvgIpc) is 3.09. The van der Waals surface area contributed by atoms with Gasteiger partial charge < -0.3 is 9.84 Å². The minimum Gasteiger partial charge on any atom is -0.395 e. The maximum Gasteiger partial charge on any atom is 0.240 e. The quantitative estimate of drug-likeness (QED) is 0.704. The van der Waals surface area contributed by atoms with Gasteiger partial charge in [-0.25, -0.2) is 17.5 Å². The Morgan fingerprint density at radius 2 is 2.23 bits per heavy atom. The van der Waals surface area contributed by atoms with E-state index in [-0.39, 0.29) is 35.5 Å². The number of nitrogens with zero attached hydrogens (tertiary/aromatic N) is 4. The van der Waals surface area contributed by atoms with Crippen LogP contribution in [0.5, 0.6) is 0 Å². The molecular formula is C15H20FN5O4S. The highest BCUT2D eigenvalue weighted by Gasteiger charge is 2.20. The summed E-state index contributed by atoms with van der Waals surface area (Å²) >= 11 is 0. The molecule has 0 amide bonds. The molecule has 0 bridgehead atoms. The molecule has 2 aromatic rings. The van der Waals surface area contributed by atoms with Gasteiger partial charge in [-0.1, -0.05) is 0 Å². The van der Waals surface area contributed by atoms with Crippen molar-refractivity contribution in [1.82, 2.24) is 24.9 Å². The Bertz CT molecular complexity index is 851. The van der Waals surface area contributed by atoms with E-state index in [4.69, 9.17) is 9.84 Å². The van der Waals surface area contributed by atoms with Gasteiger partial charge in [0.05, 0.1) is 29.7 Å². The van der Waals surface area contributed by atoms with Crippen molar-refractivity contribution in [3.8, 4) is 11.4 Å². The first kappa shape index (κ1) is 18.8. The smallest absolute Gasteiger partial charge is 0.240 e. The molecule has 26 heavy (non-hydrogen) atoms. The number of halogens is 1. The Morgan fingerprint density at radius 3 is 2.92 bits per heavy atom. The molecular weight excluding hydrogens is 365 g/mol. The summed E-state index contributed by atoms with van der Waals surface area (Å²) in [7, 11) is -3.89. The molecule has 11 heteroatoms. The number of hydrogen-bond donors (Lipinski definition) is 2. The van der Waals surface area contributed by atoms with Gasteiger partial charge in [-0.15, -0.1) is 10.2 Å². The summed E-state index contributed by atoms with van der Waals surface area (Å²) in [6.07, 6.45) is 3.06. The van der Waals surface area contributed by atoms with E-state index < -0.39 is 15.8 Å². The van der Waals surface area contributed by atoms with Crippen molar-refractivity contribution in [2.75, 3.05) is 19.8 Å². The molecule has 1 aliphatic rings. The summed E-state index contributed by atoms with van der Waals surface area (Å²) in [4.78, 5) is 1.12. The SMILES string of the molecule is O=S(=O)(NCCO)c1ccc(-c2nnn(CC3CCCCO3)n2)c(F)c1. The zero-order valence-electron chi connectivity index (χ0n) is 14.0. The number of aromatic nitrogens is 4. The highest BCUT2D eigenvalue weighted by molar-refractivity contribution is 7.89. The van der Waals surface area contributed by atoms with Crippen molar-refractivity contribution in [1.29, 1.82) is 0 Å². The van der Waals surface area contributed by atoms with Crippen molar-refractivity contribution in [2.45, 2.75) is 36.8 Å². The molecule has 1 aliphatic heterocycles. The van der Waals surface area contributed by atoms with Crippen LogP contribution < -0.4 is 4.72 Å². The van der Waals surface area contributed by atoms with Crippen LogP contribution in [0.15, 0.2) is 23.1 Å². The number of benzene rings is 1. The zero-order chi connectivity index (χ0) is 18.6. The molecule has 0 radical (unpaired) electrons. The van der Waals surface area contributed by atoms with Gasteiger partial charge in [0.2, 0.25) is 15.8 Å². The van der Waals surface area contributed by atoms with Crippen LogP contribution in [0.3, 0.4) is 0 Å². The summed E-state index contributed by atoms with van der Waals surface area (Å²) in [6, 6.07) is 3.43. The molecule has 142 valence electrons. The second-order valence-electron chi connectivity index (χ2n) is 5.92. The summed E-state index contributed by atoms with van der Waals surface area (Å²) in [6.45, 7) is 0.648. The van der Waals surface area contributed by atoms with E-state index >= 15 is 0 Å². The molecule has 1 aromatic heterocycles. The zero-order valence-corrected chi connectivity index (χ0v) is 14.8. The van der Waals surface area contributed by atoms with E-state index in [0.29, 0.717) is 13.2 Å². The fourth-order valence-corrected chi connectivity index (χ4v) is 3.70. The van der Waals surface area contributed by atoms with Gasteiger partial charge in [0, 0.05) is 13.2 Å². The lowest BCUT2D eigenvalue weighted by Crippen LogP contribution is -2.26. The van der Waals surface area contributed by atoms with Crippen molar-refractivity contribution >= 4 is 10.0 Å². The molecule has 2 heterocycles. The Balaban J connectivity index is 1.75. The average molecular weight is 385 g/mol. The fraction of sp³-hybridized carbons (Fsp3) is 0.533. The molecule has 1 fully saturated rings. The number of rotatable bonds is 7. The number of ether oxygens (including phenoxy) is 1. The number of sulfonamides is 1.